The molecule has 0 aliphatic heterocycles. The summed E-state index contributed by atoms with van der Waals surface area (Å²) in [5.74, 6) is 0.806. The van der Waals surface area contributed by atoms with Crippen LogP contribution in [-0.2, 0) is 6.54 Å². The first kappa shape index (κ1) is 13.1. The van der Waals surface area contributed by atoms with Crippen LogP contribution in [0.4, 0.5) is 0 Å². The summed E-state index contributed by atoms with van der Waals surface area (Å²) in [6.07, 6.45) is 1.57. The lowest BCUT2D eigenvalue weighted by Gasteiger charge is -2.04. The number of hydrogen-bond acceptors (Lipinski definition) is 5. The summed E-state index contributed by atoms with van der Waals surface area (Å²) in [6, 6.07) is 9.54. The van der Waals surface area contributed by atoms with Gasteiger partial charge in [0.25, 0.3) is 0 Å². The summed E-state index contributed by atoms with van der Waals surface area (Å²) in [7, 11) is 1.64. The molecule has 0 saturated carbocycles. The maximum Gasteiger partial charge on any atom is 0.229 e. The van der Waals surface area contributed by atoms with Gasteiger partial charge < -0.3 is 9.15 Å². The Morgan fingerprint density at radius 3 is 2.86 bits per heavy atom. The van der Waals surface area contributed by atoms with E-state index in [4.69, 9.17) is 9.15 Å². The summed E-state index contributed by atoms with van der Waals surface area (Å²) >= 11 is 1.39. The van der Waals surface area contributed by atoms with Crippen LogP contribution in [0.1, 0.15) is 5.56 Å². The maximum atomic E-state index is 12.4. The van der Waals surface area contributed by atoms with Crippen molar-refractivity contribution in [2.45, 2.75) is 6.54 Å². The Bertz CT molecular complexity index is 1010. The van der Waals surface area contributed by atoms with Gasteiger partial charge in [-0.25, -0.2) is 4.68 Å². The topological polar surface area (TPSA) is 57.3 Å². The number of benzene rings is 1. The Kier molecular flexibility index (Phi) is 2.97. The average molecular weight is 312 g/mol. The van der Waals surface area contributed by atoms with Gasteiger partial charge in [0.05, 0.1) is 19.9 Å². The third-order valence-electron chi connectivity index (χ3n) is 3.57. The van der Waals surface area contributed by atoms with Crippen molar-refractivity contribution in [3.8, 4) is 5.75 Å². The highest BCUT2D eigenvalue weighted by Crippen LogP contribution is 2.23. The van der Waals surface area contributed by atoms with Crippen LogP contribution in [-0.4, -0.2) is 16.9 Å². The van der Waals surface area contributed by atoms with E-state index in [1.54, 1.807) is 18.0 Å². The van der Waals surface area contributed by atoms with E-state index in [1.807, 2.05) is 35.7 Å². The molecule has 0 unspecified atom stereocenters. The monoisotopic (exact) mass is 312 g/mol. The fraction of sp³-hybridized carbons (Fsp3) is 0.125. The molecule has 110 valence electrons. The van der Waals surface area contributed by atoms with Gasteiger partial charge in [-0.3, -0.25) is 4.79 Å². The third kappa shape index (κ3) is 2.00. The molecule has 22 heavy (non-hydrogen) atoms. The highest BCUT2D eigenvalue weighted by Gasteiger charge is 2.13. The van der Waals surface area contributed by atoms with Crippen LogP contribution in [0.25, 0.3) is 21.4 Å². The molecule has 0 saturated heterocycles. The molecule has 0 aliphatic carbocycles. The molecule has 4 aromatic rings. The molecule has 0 bridgehead atoms. The summed E-state index contributed by atoms with van der Waals surface area (Å²) < 4.78 is 13.3. The number of thiophene rings is 1. The molecule has 3 heterocycles. The highest BCUT2D eigenvalue weighted by atomic mass is 32.1. The highest BCUT2D eigenvalue weighted by molar-refractivity contribution is 7.17. The van der Waals surface area contributed by atoms with Gasteiger partial charge in [0.2, 0.25) is 11.1 Å². The number of rotatable bonds is 3. The molecule has 0 amide bonds. The van der Waals surface area contributed by atoms with E-state index in [0.29, 0.717) is 27.9 Å². The number of methoxy groups -OCH3 is 1. The van der Waals surface area contributed by atoms with Crippen molar-refractivity contribution in [3.05, 3.63) is 57.7 Å². The normalized spacial score (nSPS) is 11.3. The number of nitrogens with zero attached hydrogens (tertiary/aromatic N) is 2. The minimum absolute atomic E-state index is 0.0211. The zero-order valence-electron chi connectivity index (χ0n) is 11.8. The summed E-state index contributed by atoms with van der Waals surface area (Å²) in [5, 5.41) is 6.67. The Morgan fingerprint density at radius 2 is 2.09 bits per heavy atom. The Morgan fingerprint density at radius 1 is 1.27 bits per heavy atom. The molecule has 0 atom stereocenters. The summed E-state index contributed by atoms with van der Waals surface area (Å²) in [6.45, 7) is 0.534. The molecule has 4 rings (SSSR count). The van der Waals surface area contributed by atoms with Gasteiger partial charge in [0.15, 0.2) is 5.58 Å². The van der Waals surface area contributed by atoms with Crippen molar-refractivity contribution >= 4 is 32.7 Å². The minimum atomic E-state index is -0.0211. The van der Waals surface area contributed by atoms with E-state index in [9.17, 15) is 4.79 Å². The first-order valence-corrected chi connectivity index (χ1v) is 7.63. The van der Waals surface area contributed by atoms with E-state index >= 15 is 0 Å². The molecular formula is C16H12N2O3S. The molecule has 5 nitrogen and oxygen atoms in total. The Labute approximate surface area is 129 Å². The third-order valence-corrected chi connectivity index (χ3v) is 4.46. The van der Waals surface area contributed by atoms with E-state index in [1.165, 1.54) is 11.3 Å². The molecule has 1 aromatic carbocycles. The van der Waals surface area contributed by atoms with Crippen molar-refractivity contribution in [3.63, 3.8) is 0 Å². The number of hydrogen-bond donors (Lipinski definition) is 0. The molecule has 0 N–H and O–H groups in total. The van der Waals surface area contributed by atoms with Crippen LogP contribution in [0, 0.1) is 0 Å². The van der Waals surface area contributed by atoms with Crippen molar-refractivity contribution < 1.29 is 9.15 Å². The van der Waals surface area contributed by atoms with Gasteiger partial charge in [-0.05, 0) is 29.1 Å². The fourth-order valence-corrected chi connectivity index (χ4v) is 3.19. The summed E-state index contributed by atoms with van der Waals surface area (Å²) in [4.78, 5) is 12.4. The van der Waals surface area contributed by atoms with Crippen LogP contribution in [0.2, 0.25) is 0 Å². The van der Waals surface area contributed by atoms with Gasteiger partial charge >= 0.3 is 0 Å². The number of ether oxygens (including phenoxy) is 1. The van der Waals surface area contributed by atoms with E-state index in [-0.39, 0.29) is 5.43 Å². The lowest BCUT2D eigenvalue weighted by molar-refractivity contribution is 0.414. The largest absolute Gasteiger partial charge is 0.497 e. The van der Waals surface area contributed by atoms with Crippen LogP contribution in [0.3, 0.4) is 0 Å². The quantitative estimate of drug-likeness (QED) is 0.582. The van der Waals surface area contributed by atoms with Gasteiger partial charge in [-0.15, -0.1) is 11.3 Å². The van der Waals surface area contributed by atoms with E-state index in [2.05, 4.69) is 5.10 Å². The molecule has 0 aliphatic rings. The van der Waals surface area contributed by atoms with Gasteiger partial charge in [0.1, 0.15) is 15.8 Å². The first-order chi connectivity index (χ1) is 10.8. The number of aromatic nitrogens is 2. The molecule has 0 radical (unpaired) electrons. The van der Waals surface area contributed by atoms with Crippen LogP contribution < -0.4 is 10.2 Å². The molecule has 3 aromatic heterocycles. The van der Waals surface area contributed by atoms with Crippen LogP contribution >= 0.6 is 11.3 Å². The van der Waals surface area contributed by atoms with Crippen LogP contribution in [0.5, 0.6) is 5.75 Å². The fourth-order valence-electron chi connectivity index (χ4n) is 2.42. The Hall–Kier alpha value is -2.60. The number of fused-ring (bicyclic) bond motifs is 2. The second-order valence-corrected chi connectivity index (χ2v) is 5.83. The zero-order chi connectivity index (χ0) is 15.1. The predicted molar refractivity (Wildman–Crippen MR) is 85.7 cm³/mol. The molecular weight excluding hydrogens is 300 g/mol. The first-order valence-electron chi connectivity index (χ1n) is 6.75. The van der Waals surface area contributed by atoms with Crippen molar-refractivity contribution in [1.29, 1.82) is 0 Å². The SMILES string of the molecule is COc1ccc(Cn2ncc3c(=O)c4sccc4oc32)cc1. The van der Waals surface area contributed by atoms with Crippen LogP contribution in [0.15, 0.2) is 51.1 Å². The lowest BCUT2D eigenvalue weighted by Crippen LogP contribution is -2.03. The van der Waals surface area contributed by atoms with E-state index < -0.39 is 0 Å². The molecule has 0 fully saturated rings. The van der Waals surface area contributed by atoms with Crippen molar-refractivity contribution in [2.75, 3.05) is 7.11 Å². The van der Waals surface area contributed by atoms with Crippen molar-refractivity contribution in [1.82, 2.24) is 9.78 Å². The van der Waals surface area contributed by atoms with Gasteiger partial charge in [-0.1, -0.05) is 12.1 Å². The zero-order valence-corrected chi connectivity index (χ0v) is 12.6. The lowest BCUT2D eigenvalue weighted by atomic mass is 10.2. The molecule has 0 spiro atoms. The minimum Gasteiger partial charge on any atom is -0.497 e. The second kappa shape index (κ2) is 4.99. The van der Waals surface area contributed by atoms with Gasteiger partial charge in [-0.2, -0.15) is 5.10 Å². The summed E-state index contributed by atoms with van der Waals surface area (Å²) in [5.41, 5.74) is 2.15. The predicted octanol–water partition coefficient (Wildman–Crippen LogP) is 3.26. The van der Waals surface area contributed by atoms with E-state index in [0.717, 1.165) is 11.3 Å². The smallest absolute Gasteiger partial charge is 0.229 e. The van der Waals surface area contributed by atoms with Crippen molar-refractivity contribution in [2.24, 2.45) is 0 Å². The van der Waals surface area contributed by atoms with Gasteiger partial charge in [0, 0.05) is 0 Å². The molecule has 6 heteroatoms. The second-order valence-electron chi connectivity index (χ2n) is 4.91. The Balaban J connectivity index is 1.81. The maximum absolute atomic E-state index is 12.4. The average Bonchev–Trinajstić information content (AvgIpc) is 3.16. The standard InChI is InChI=1S/C16H12N2O3S/c1-20-11-4-2-10(3-5-11)9-18-16-12(8-17-18)14(19)15-13(21-16)6-7-22-15/h2-8H,9H2,1H3.